The summed E-state index contributed by atoms with van der Waals surface area (Å²) in [4.78, 5) is 32.7. The van der Waals surface area contributed by atoms with Gasteiger partial charge in [0.25, 0.3) is 0 Å². The van der Waals surface area contributed by atoms with Gasteiger partial charge in [0.05, 0.1) is 6.54 Å². The molecule has 0 aromatic carbocycles. The van der Waals surface area contributed by atoms with E-state index in [1.807, 2.05) is 42.0 Å². The molecule has 1 spiro atoms. The standard InChI is InChI=1S/C20H21N5O2S/c26-17-18(27)25(13-16-2-1-11-28-16)22-19-20(6-10-24(17)19)5-9-23(14-20)12-15-3-7-21-8-4-15/h1-4,7-8,11H,5-6,9-10,12-14H2/t20-/m1/s1. The van der Waals surface area contributed by atoms with Crippen LogP contribution in [0.25, 0.3) is 0 Å². The molecule has 3 aromatic rings. The van der Waals surface area contributed by atoms with Gasteiger partial charge >= 0.3 is 11.1 Å². The van der Waals surface area contributed by atoms with Crippen molar-refractivity contribution in [1.29, 1.82) is 0 Å². The smallest absolute Gasteiger partial charge is 0.298 e. The molecule has 0 amide bonds. The summed E-state index contributed by atoms with van der Waals surface area (Å²) in [6.45, 7) is 3.63. The Kier molecular flexibility index (Phi) is 4.25. The van der Waals surface area contributed by atoms with E-state index >= 15 is 0 Å². The first-order chi connectivity index (χ1) is 13.6. The molecule has 0 saturated carbocycles. The van der Waals surface area contributed by atoms with Gasteiger partial charge in [0.1, 0.15) is 5.82 Å². The van der Waals surface area contributed by atoms with Crippen molar-refractivity contribution in [2.24, 2.45) is 0 Å². The number of pyridine rings is 1. The lowest BCUT2D eigenvalue weighted by Gasteiger charge is -2.23. The highest BCUT2D eigenvalue weighted by Crippen LogP contribution is 2.40. The van der Waals surface area contributed by atoms with Gasteiger partial charge in [-0.3, -0.25) is 24.0 Å². The summed E-state index contributed by atoms with van der Waals surface area (Å²) >= 11 is 1.57. The average Bonchev–Trinajstić information content (AvgIpc) is 3.43. The Balaban J connectivity index is 1.46. The van der Waals surface area contributed by atoms with Crippen LogP contribution in [0.15, 0.2) is 51.6 Å². The fourth-order valence-corrected chi connectivity index (χ4v) is 5.14. The first-order valence-corrected chi connectivity index (χ1v) is 10.4. The normalized spacial score (nSPS) is 21.4. The molecule has 2 aliphatic heterocycles. The molecule has 0 aliphatic carbocycles. The van der Waals surface area contributed by atoms with Gasteiger partial charge in [-0.1, -0.05) is 6.07 Å². The highest BCUT2D eigenvalue weighted by Gasteiger charge is 2.47. The van der Waals surface area contributed by atoms with Gasteiger partial charge in [-0.2, -0.15) is 5.10 Å². The largest absolute Gasteiger partial charge is 0.332 e. The Morgan fingerprint density at radius 1 is 1.04 bits per heavy atom. The Hall–Kier alpha value is -2.58. The van der Waals surface area contributed by atoms with Gasteiger partial charge in [0.2, 0.25) is 0 Å². The van der Waals surface area contributed by atoms with Crippen LogP contribution in [-0.4, -0.2) is 37.3 Å². The number of rotatable bonds is 4. The molecule has 28 heavy (non-hydrogen) atoms. The van der Waals surface area contributed by atoms with E-state index in [1.54, 1.807) is 15.9 Å². The van der Waals surface area contributed by atoms with Crippen molar-refractivity contribution in [3.05, 3.63) is 79.0 Å². The molecule has 8 heteroatoms. The molecule has 2 aliphatic rings. The van der Waals surface area contributed by atoms with E-state index in [1.165, 1.54) is 10.2 Å². The zero-order valence-electron chi connectivity index (χ0n) is 15.5. The lowest BCUT2D eigenvalue weighted by molar-refractivity contribution is 0.298. The highest BCUT2D eigenvalue weighted by molar-refractivity contribution is 7.09. The number of aromatic nitrogens is 4. The summed E-state index contributed by atoms with van der Waals surface area (Å²) in [7, 11) is 0. The van der Waals surface area contributed by atoms with Crippen molar-refractivity contribution >= 4 is 11.3 Å². The zero-order chi connectivity index (χ0) is 19.1. The van der Waals surface area contributed by atoms with Crippen LogP contribution in [0.3, 0.4) is 0 Å². The van der Waals surface area contributed by atoms with Crippen LogP contribution in [-0.2, 0) is 25.0 Å². The van der Waals surface area contributed by atoms with Crippen LogP contribution in [0.4, 0.5) is 0 Å². The van der Waals surface area contributed by atoms with Crippen molar-refractivity contribution in [1.82, 2.24) is 24.2 Å². The molecular formula is C20H21N5O2S. The van der Waals surface area contributed by atoms with E-state index in [2.05, 4.69) is 9.88 Å². The van der Waals surface area contributed by atoms with Gasteiger partial charge in [-0.25, -0.2) is 4.68 Å². The Labute approximate surface area is 165 Å². The predicted octanol–water partition coefficient (Wildman–Crippen LogP) is 1.46. The van der Waals surface area contributed by atoms with Crippen LogP contribution in [0.2, 0.25) is 0 Å². The number of thiophene rings is 1. The minimum absolute atomic E-state index is 0.142. The average molecular weight is 395 g/mol. The third-order valence-corrected chi connectivity index (χ3v) is 6.76. The maximum Gasteiger partial charge on any atom is 0.332 e. The lowest BCUT2D eigenvalue weighted by Crippen LogP contribution is -2.45. The van der Waals surface area contributed by atoms with Crippen molar-refractivity contribution in [2.45, 2.75) is 37.9 Å². The molecule has 1 fully saturated rings. The lowest BCUT2D eigenvalue weighted by atomic mass is 9.85. The molecule has 5 rings (SSSR count). The Morgan fingerprint density at radius 2 is 1.86 bits per heavy atom. The molecule has 1 saturated heterocycles. The van der Waals surface area contributed by atoms with E-state index in [0.29, 0.717) is 13.1 Å². The van der Waals surface area contributed by atoms with E-state index in [4.69, 9.17) is 5.10 Å². The van der Waals surface area contributed by atoms with Gasteiger partial charge < -0.3 is 0 Å². The summed E-state index contributed by atoms with van der Waals surface area (Å²) < 4.78 is 2.97. The molecule has 0 N–H and O–H groups in total. The van der Waals surface area contributed by atoms with Crippen LogP contribution in [0.5, 0.6) is 0 Å². The quantitative estimate of drug-likeness (QED) is 0.626. The van der Waals surface area contributed by atoms with Gasteiger partial charge in [-0.05, 0) is 48.5 Å². The topological polar surface area (TPSA) is 73.0 Å². The first-order valence-electron chi connectivity index (χ1n) is 9.51. The third-order valence-electron chi connectivity index (χ3n) is 5.90. The molecule has 0 unspecified atom stereocenters. The minimum Gasteiger partial charge on any atom is -0.298 e. The second kappa shape index (κ2) is 6.79. The van der Waals surface area contributed by atoms with Crippen molar-refractivity contribution in [3.63, 3.8) is 0 Å². The molecule has 0 radical (unpaired) electrons. The van der Waals surface area contributed by atoms with Crippen LogP contribution in [0, 0.1) is 0 Å². The molecule has 1 atom stereocenters. The molecule has 7 nitrogen and oxygen atoms in total. The maximum atomic E-state index is 12.7. The highest BCUT2D eigenvalue weighted by atomic mass is 32.1. The second-order valence-electron chi connectivity index (χ2n) is 7.67. The minimum atomic E-state index is -0.527. The Morgan fingerprint density at radius 3 is 2.64 bits per heavy atom. The summed E-state index contributed by atoms with van der Waals surface area (Å²) in [5.41, 5.74) is 0.127. The molecule has 5 heterocycles. The first kappa shape index (κ1) is 17.5. The molecule has 3 aromatic heterocycles. The number of likely N-dealkylation sites (tertiary alicyclic amines) is 1. The SMILES string of the molecule is O=c1c(=O)n2c(nn1Cc1cccs1)[C@]1(CCN(Cc3ccncc3)C1)CC2. The van der Waals surface area contributed by atoms with Gasteiger partial charge in [0, 0.05) is 42.3 Å². The summed E-state index contributed by atoms with van der Waals surface area (Å²) in [6, 6.07) is 7.98. The van der Waals surface area contributed by atoms with Gasteiger partial charge in [-0.15, -0.1) is 11.3 Å². The monoisotopic (exact) mass is 395 g/mol. The molecule has 0 bridgehead atoms. The summed E-state index contributed by atoms with van der Waals surface area (Å²) in [6.07, 6.45) is 5.46. The third kappa shape index (κ3) is 2.93. The molecular weight excluding hydrogens is 374 g/mol. The van der Waals surface area contributed by atoms with Gasteiger partial charge in [0.15, 0.2) is 0 Å². The summed E-state index contributed by atoms with van der Waals surface area (Å²) in [5.74, 6) is 0.783. The van der Waals surface area contributed by atoms with E-state index in [-0.39, 0.29) is 5.41 Å². The van der Waals surface area contributed by atoms with Crippen LogP contribution in [0.1, 0.15) is 29.1 Å². The van der Waals surface area contributed by atoms with Crippen molar-refractivity contribution < 1.29 is 0 Å². The zero-order valence-corrected chi connectivity index (χ0v) is 16.3. The van der Waals surface area contributed by atoms with Crippen LogP contribution >= 0.6 is 11.3 Å². The number of fused-ring (bicyclic) bond motifs is 2. The number of hydrogen-bond acceptors (Lipinski definition) is 6. The summed E-state index contributed by atoms with van der Waals surface area (Å²) in [5, 5.41) is 6.67. The molecule has 144 valence electrons. The fourth-order valence-electron chi connectivity index (χ4n) is 4.46. The van der Waals surface area contributed by atoms with E-state index < -0.39 is 11.1 Å². The fraction of sp³-hybridized carbons (Fsp3) is 0.400. The maximum absolute atomic E-state index is 12.7. The van der Waals surface area contributed by atoms with E-state index in [0.717, 1.165) is 43.2 Å². The second-order valence-corrected chi connectivity index (χ2v) is 8.70. The Bertz CT molecular complexity index is 1110. The van der Waals surface area contributed by atoms with Crippen molar-refractivity contribution in [2.75, 3.05) is 13.1 Å². The number of hydrogen-bond donors (Lipinski definition) is 0. The van der Waals surface area contributed by atoms with Crippen LogP contribution < -0.4 is 11.1 Å². The van der Waals surface area contributed by atoms with Crippen molar-refractivity contribution in [3.8, 4) is 0 Å². The number of nitrogens with zero attached hydrogens (tertiary/aromatic N) is 5. The predicted molar refractivity (Wildman–Crippen MR) is 107 cm³/mol. The van der Waals surface area contributed by atoms with E-state index in [9.17, 15) is 9.59 Å².